The van der Waals surface area contributed by atoms with Crippen molar-refractivity contribution in [3.63, 3.8) is 0 Å². The number of thiophene rings is 1. The molecule has 0 spiro atoms. The van der Waals surface area contributed by atoms with Crippen molar-refractivity contribution in [3.05, 3.63) is 21.3 Å². The van der Waals surface area contributed by atoms with E-state index >= 15 is 0 Å². The van der Waals surface area contributed by atoms with Gasteiger partial charge < -0.3 is 24.7 Å². The summed E-state index contributed by atoms with van der Waals surface area (Å²) in [4.78, 5) is 25.4. The van der Waals surface area contributed by atoms with Crippen molar-refractivity contribution in [3.8, 4) is 0 Å². The Morgan fingerprint density at radius 1 is 1.61 bits per heavy atom. The third kappa shape index (κ3) is 6.44. The predicted octanol–water partition coefficient (Wildman–Crippen LogP) is 0.867. The number of carboxylic acid groups (broad SMARTS) is 1. The number of halogens is 1. The van der Waals surface area contributed by atoms with E-state index in [1.54, 1.807) is 12.1 Å². The molecule has 0 aliphatic carbocycles. The van der Waals surface area contributed by atoms with E-state index in [1.165, 1.54) is 11.3 Å². The van der Waals surface area contributed by atoms with Gasteiger partial charge in [0, 0.05) is 19.6 Å². The van der Waals surface area contributed by atoms with Gasteiger partial charge in [-0.25, -0.2) is 0 Å². The molecule has 1 fully saturated rings. The molecule has 0 radical (unpaired) electrons. The van der Waals surface area contributed by atoms with Gasteiger partial charge in [0.05, 0.1) is 35.1 Å². The number of nitrogens with zero attached hydrogens (tertiary/aromatic N) is 2. The van der Waals surface area contributed by atoms with E-state index in [0.29, 0.717) is 42.1 Å². The van der Waals surface area contributed by atoms with Crippen LogP contribution in [0.1, 0.15) is 9.67 Å². The van der Waals surface area contributed by atoms with Crippen molar-refractivity contribution >= 4 is 35.3 Å². The van der Waals surface area contributed by atoms with Crippen molar-refractivity contribution in [1.29, 1.82) is 0 Å². The van der Waals surface area contributed by atoms with Crippen LogP contribution in [0.4, 0.5) is 0 Å². The van der Waals surface area contributed by atoms with E-state index in [4.69, 9.17) is 31.3 Å². The molecule has 0 aromatic carbocycles. The molecule has 1 saturated heterocycles. The maximum Gasteiger partial charge on any atom is 0.290 e. The van der Waals surface area contributed by atoms with Gasteiger partial charge in [-0.15, -0.1) is 11.3 Å². The Hall–Kier alpha value is -1.19. The van der Waals surface area contributed by atoms with Gasteiger partial charge in [-0.3, -0.25) is 9.59 Å². The van der Waals surface area contributed by atoms with Crippen LogP contribution < -0.4 is 0 Å². The first-order valence-corrected chi connectivity index (χ1v) is 8.24. The summed E-state index contributed by atoms with van der Waals surface area (Å²) >= 11 is 7.19. The fourth-order valence-corrected chi connectivity index (χ4v) is 3.27. The second-order valence-corrected chi connectivity index (χ2v) is 6.64. The molecule has 1 aromatic heterocycles. The SMILES string of the molecule is CN(CCO)CC1COCCN1C(=O)c1ccc(Cl)s1.O=CO. The number of amides is 1. The summed E-state index contributed by atoms with van der Waals surface area (Å²) in [5.41, 5.74) is 0. The lowest BCUT2D eigenvalue weighted by Crippen LogP contribution is -2.53. The third-order valence-electron chi connectivity index (χ3n) is 3.28. The van der Waals surface area contributed by atoms with E-state index in [2.05, 4.69) is 0 Å². The van der Waals surface area contributed by atoms with Crippen LogP contribution in [0.5, 0.6) is 0 Å². The first-order chi connectivity index (χ1) is 11.0. The van der Waals surface area contributed by atoms with Crippen LogP contribution in [-0.4, -0.2) is 84.9 Å². The van der Waals surface area contributed by atoms with E-state index in [0.717, 1.165) is 0 Å². The summed E-state index contributed by atoms with van der Waals surface area (Å²) in [7, 11) is 1.93. The summed E-state index contributed by atoms with van der Waals surface area (Å²) in [6.45, 7) is 2.81. The number of aliphatic hydroxyl groups excluding tert-OH is 1. The van der Waals surface area contributed by atoms with Gasteiger partial charge in [-0.05, 0) is 19.2 Å². The number of ether oxygens (including phenoxy) is 1. The smallest absolute Gasteiger partial charge is 0.290 e. The molecule has 130 valence electrons. The Morgan fingerprint density at radius 3 is 2.87 bits per heavy atom. The monoisotopic (exact) mass is 364 g/mol. The average Bonchev–Trinajstić information content (AvgIpc) is 2.95. The Kier molecular flexibility index (Phi) is 9.12. The lowest BCUT2D eigenvalue weighted by Gasteiger charge is -2.37. The first-order valence-electron chi connectivity index (χ1n) is 7.04. The minimum absolute atomic E-state index is 0.00704. The molecule has 1 atom stereocenters. The molecular formula is C14H21ClN2O5S. The summed E-state index contributed by atoms with van der Waals surface area (Å²) in [6, 6.07) is 3.51. The van der Waals surface area contributed by atoms with Crippen LogP contribution in [0.25, 0.3) is 0 Å². The lowest BCUT2D eigenvalue weighted by molar-refractivity contribution is -0.122. The molecule has 0 bridgehead atoms. The normalized spacial score (nSPS) is 17.6. The van der Waals surface area contributed by atoms with Crippen LogP contribution >= 0.6 is 22.9 Å². The molecule has 1 unspecified atom stereocenters. The first kappa shape index (κ1) is 19.9. The molecule has 1 aliphatic rings. The van der Waals surface area contributed by atoms with Crippen LogP contribution in [0.15, 0.2) is 12.1 Å². The molecule has 1 amide bonds. The lowest BCUT2D eigenvalue weighted by atomic mass is 10.2. The number of carbonyl (C=O) groups excluding carboxylic acids is 1. The Bertz CT molecular complexity index is 499. The number of hydrogen-bond acceptors (Lipinski definition) is 6. The molecule has 2 N–H and O–H groups in total. The number of carbonyl (C=O) groups is 2. The second kappa shape index (κ2) is 10.6. The highest BCUT2D eigenvalue weighted by atomic mass is 35.5. The van der Waals surface area contributed by atoms with E-state index < -0.39 is 0 Å². The molecule has 0 saturated carbocycles. The van der Waals surface area contributed by atoms with Crippen LogP contribution in [-0.2, 0) is 9.53 Å². The van der Waals surface area contributed by atoms with E-state index in [9.17, 15) is 4.79 Å². The molecule has 2 rings (SSSR count). The van der Waals surface area contributed by atoms with E-state index in [1.807, 2.05) is 16.8 Å². The maximum atomic E-state index is 12.5. The van der Waals surface area contributed by atoms with E-state index in [-0.39, 0.29) is 25.0 Å². The maximum absolute atomic E-state index is 12.5. The zero-order valence-corrected chi connectivity index (χ0v) is 14.4. The van der Waals surface area contributed by atoms with Gasteiger partial charge in [-0.1, -0.05) is 11.6 Å². The zero-order valence-electron chi connectivity index (χ0n) is 12.9. The van der Waals surface area contributed by atoms with Gasteiger partial charge in [0.2, 0.25) is 0 Å². The molecule has 9 heteroatoms. The highest BCUT2D eigenvalue weighted by Crippen LogP contribution is 2.24. The number of morpholine rings is 1. The predicted molar refractivity (Wildman–Crippen MR) is 88.2 cm³/mol. The fraction of sp³-hybridized carbons (Fsp3) is 0.571. The van der Waals surface area contributed by atoms with Crippen LogP contribution in [0.2, 0.25) is 4.34 Å². The number of likely N-dealkylation sites (N-methyl/N-ethyl adjacent to an activating group) is 1. The van der Waals surface area contributed by atoms with Crippen molar-refractivity contribution < 1.29 is 24.5 Å². The van der Waals surface area contributed by atoms with Gasteiger partial charge in [0.25, 0.3) is 12.4 Å². The Labute approximate surface area is 144 Å². The van der Waals surface area contributed by atoms with Crippen molar-refractivity contribution in [2.75, 3.05) is 46.5 Å². The quantitative estimate of drug-likeness (QED) is 0.753. The largest absolute Gasteiger partial charge is 0.483 e. The Balaban J connectivity index is 0.000000816. The summed E-state index contributed by atoms with van der Waals surface area (Å²) < 4.78 is 6.10. The summed E-state index contributed by atoms with van der Waals surface area (Å²) in [5.74, 6) is 0.00704. The summed E-state index contributed by atoms with van der Waals surface area (Å²) in [6.07, 6.45) is 0. The number of aliphatic hydroxyl groups is 1. The van der Waals surface area contributed by atoms with Gasteiger partial charge in [-0.2, -0.15) is 0 Å². The van der Waals surface area contributed by atoms with Gasteiger partial charge in [0.1, 0.15) is 0 Å². The Morgan fingerprint density at radius 2 is 2.30 bits per heavy atom. The highest BCUT2D eigenvalue weighted by molar-refractivity contribution is 7.17. The summed E-state index contributed by atoms with van der Waals surface area (Å²) in [5, 5.41) is 15.8. The number of rotatable bonds is 5. The molecule has 1 aliphatic heterocycles. The topological polar surface area (TPSA) is 90.3 Å². The highest BCUT2D eigenvalue weighted by Gasteiger charge is 2.29. The van der Waals surface area contributed by atoms with Crippen LogP contribution in [0, 0.1) is 0 Å². The number of hydrogen-bond donors (Lipinski definition) is 2. The molecule has 2 heterocycles. The average molecular weight is 365 g/mol. The van der Waals surface area contributed by atoms with Crippen molar-refractivity contribution in [2.24, 2.45) is 0 Å². The fourth-order valence-electron chi connectivity index (χ4n) is 2.27. The standard InChI is InChI=1S/C13H19ClN2O3S.CH2O2/c1-15(4-6-17)8-10-9-19-7-5-16(10)13(18)11-2-3-12(14)20-11;2-1-3/h2-3,10,17H,4-9H2,1H3;1H,(H,2,3). The molecule has 7 nitrogen and oxygen atoms in total. The molecule has 1 aromatic rings. The second-order valence-electron chi connectivity index (χ2n) is 4.92. The molecule has 23 heavy (non-hydrogen) atoms. The minimum atomic E-state index is -0.250. The van der Waals surface area contributed by atoms with Crippen molar-refractivity contribution in [1.82, 2.24) is 9.80 Å². The van der Waals surface area contributed by atoms with Crippen LogP contribution in [0.3, 0.4) is 0 Å². The molecular weight excluding hydrogens is 344 g/mol. The minimum Gasteiger partial charge on any atom is -0.483 e. The van der Waals surface area contributed by atoms with Gasteiger partial charge >= 0.3 is 0 Å². The third-order valence-corrected chi connectivity index (χ3v) is 4.50. The van der Waals surface area contributed by atoms with Gasteiger partial charge in [0.15, 0.2) is 0 Å². The van der Waals surface area contributed by atoms with Crippen molar-refractivity contribution in [2.45, 2.75) is 6.04 Å². The zero-order chi connectivity index (χ0) is 17.2.